The molecule has 0 radical (unpaired) electrons. The molecule has 190 valence electrons. The van der Waals surface area contributed by atoms with E-state index >= 15 is 0 Å². The third kappa shape index (κ3) is 11.1. The molecule has 0 aromatic heterocycles. The third-order valence-electron chi connectivity index (χ3n) is 6.96. The minimum Gasteiger partial charge on any atom is -0.378 e. The summed E-state index contributed by atoms with van der Waals surface area (Å²) >= 11 is 0. The average Bonchev–Trinajstić information content (AvgIpc) is 2.85. The van der Waals surface area contributed by atoms with Gasteiger partial charge in [-0.15, -0.1) is 0 Å². The van der Waals surface area contributed by atoms with Crippen LogP contribution < -0.4 is 0 Å². The second-order valence-electron chi connectivity index (χ2n) is 9.08. The van der Waals surface area contributed by atoms with Crippen molar-refractivity contribution in [3.63, 3.8) is 0 Å². The molecule has 33 heavy (non-hydrogen) atoms. The topological polar surface area (TPSA) is 39.5 Å². The molecule has 1 saturated heterocycles. The van der Waals surface area contributed by atoms with Crippen LogP contribution in [0.4, 0.5) is 13.2 Å². The van der Waals surface area contributed by atoms with Gasteiger partial charge >= 0.3 is 0 Å². The van der Waals surface area contributed by atoms with Crippen LogP contribution in [0.25, 0.3) is 0 Å². The Morgan fingerprint density at radius 3 is 2.30 bits per heavy atom. The van der Waals surface area contributed by atoms with E-state index in [0.29, 0.717) is 31.9 Å². The lowest BCUT2D eigenvalue weighted by molar-refractivity contribution is 0.0147. The Morgan fingerprint density at radius 1 is 1.12 bits per heavy atom. The number of hydrogen-bond acceptors (Lipinski definition) is 4. The quantitative estimate of drug-likeness (QED) is 0.273. The summed E-state index contributed by atoms with van der Waals surface area (Å²) in [4.78, 5) is 4.85. The highest BCUT2D eigenvalue weighted by atomic mass is 19.3. The zero-order valence-corrected chi connectivity index (χ0v) is 21.0. The molecule has 1 heterocycles. The van der Waals surface area contributed by atoms with Gasteiger partial charge in [0.15, 0.2) is 0 Å². The lowest BCUT2D eigenvalue weighted by atomic mass is 9.85. The highest BCUT2D eigenvalue weighted by Gasteiger charge is 2.25. The number of alkyl halides is 3. The van der Waals surface area contributed by atoms with E-state index in [4.69, 9.17) is 10.00 Å². The smallest absolute Gasteiger partial charge is 0.263 e. The van der Waals surface area contributed by atoms with Crippen LogP contribution in [0.3, 0.4) is 0 Å². The molecule has 0 aromatic carbocycles. The summed E-state index contributed by atoms with van der Waals surface area (Å²) in [7, 11) is 0.500. The molecule has 0 spiro atoms. The third-order valence-corrected chi connectivity index (χ3v) is 6.96. The van der Waals surface area contributed by atoms with Crippen LogP contribution in [0.1, 0.15) is 65.7 Å². The van der Waals surface area contributed by atoms with Crippen molar-refractivity contribution in [2.45, 2.75) is 84.3 Å². The predicted octanol–water partition coefficient (Wildman–Crippen LogP) is 6.01. The number of nitrogens with zero attached hydrogens (tertiary/aromatic N) is 3. The molecule has 1 aliphatic carbocycles. The van der Waals surface area contributed by atoms with Gasteiger partial charge in [0.2, 0.25) is 0 Å². The van der Waals surface area contributed by atoms with Crippen LogP contribution >= 0.6 is 0 Å². The van der Waals surface area contributed by atoms with Gasteiger partial charge in [0, 0.05) is 50.8 Å². The number of rotatable bonds is 11. The lowest BCUT2D eigenvalue weighted by Crippen LogP contribution is -2.49. The van der Waals surface area contributed by atoms with Gasteiger partial charge in [0.1, 0.15) is 0 Å². The molecular weight excluding hydrogens is 427 g/mol. The summed E-state index contributed by atoms with van der Waals surface area (Å²) in [6, 6.07) is 2.20. The molecule has 1 unspecified atom stereocenters. The maximum atomic E-state index is 13.4. The lowest BCUT2D eigenvalue weighted by Gasteiger charge is -2.38. The summed E-state index contributed by atoms with van der Waals surface area (Å²) in [5, 5.41) is 8.59. The van der Waals surface area contributed by atoms with E-state index in [-0.39, 0.29) is 11.6 Å². The minimum absolute atomic E-state index is 0.0319. The number of allylic oxidation sites excluding steroid dienone is 3. The van der Waals surface area contributed by atoms with E-state index in [9.17, 15) is 13.2 Å². The SMILES string of the molecule is C/C=C(C)\C(=C/C(C)N1CCN(CCC2CCC(OCCCC#N)CC2)CC1)C(F)F.CF. The molecule has 2 fully saturated rings. The van der Waals surface area contributed by atoms with Gasteiger partial charge in [-0.05, 0) is 77.3 Å². The number of nitriles is 1. The highest BCUT2D eigenvalue weighted by molar-refractivity contribution is 5.31. The fourth-order valence-corrected chi connectivity index (χ4v) is 4.66. The first-order valence-electron chi connectivity index (χ1n) is 12.4. The second-order valence-corrected chi connectivity index (χ2v) is 9.08. The molecule has 0 amide bonds. The van der Waals surface area contributed by atoms with Gasteiger partial charge in [-0.2, -0.15) is 5.26 Å². The number of halogens is 3. The molecule has 1 saturated carbocycles. The maximum absolute atomic E-state index is 13.4. The summed E-state index contributed by atoms with van der Waals surface area (Å²) in [5.74, 6) is 0.788. The Labute approximate surface area is 199 Å². The molecule has 0 N–H and O–H groups in total. The zero-order valence-electron chi connectivity index (χ0n) is 21.0. The van der Waals surface area contributed by atoms with Crippen LogP contribution in [0.2, 0.25) is 0 Å². The van der Waals surface area contributed by atoms with Crippen LogP contribution in [0.15, 0.2) is 23.3 Å². The van der Waals surface area contributed by atoms with Crippen molar-refractivity contribution in [3.05, 3.63) is 23.3 Å². The summed E-state index contributed by atoms with van der Waals surface area (Å²) in [6.45, 7) is 11.4. The zero-order chi connectivity index (χ0) is 24.6. The van der Waals surface area contributed by atoms with Crippen molar-refractivity contribution in [1.29, 1.82) is 5.26 Å². The van der Waals surface area contributed by atoms with Gasteiger partial charge in [-0.1, -0.05) is 12.2 Å². The Morgan fingerprint density at radius 2 is 1.76 bits per heavy atom. The van der Waals surface area contributed by atoms with Crippen LogP contribution in [-0.2, 0) is 4.74 Å². The van der Waals surface area contributed by atoms with E-state index < -0.39 is 6.43 Å². The van der Waals surface area contributed by atoms with E-state index in [1.807, 2.05) is 13.8 Å². The van der Waals surface area contributed by atoms with Gasteiger partial charge in [-0.3, -0.25) is 9.29 Å². The fourth-order valence-electron chi connectivity index (χ4n) is 4.66. The first-order valence-corrected chi connectivity index (χ1v) is 12.4. The Hall–Kier alpha value is -1.36. The number of ether oxygens (including phenoxy) is 1. The van der Waals surface area contributed by atoms with Crippen molar-refractivity contribution in [3.8, 4) is 6.07 Å². The molecule has 1 atom stereocenters. The highest BCUT2D eigenvalue weighted by Crippen LogP contribution is 2.29. The first-order chi connectivity index (χ1) is 15.9. The Bertz CT molecular complexity index is 617. The van der Waals surface area contributed by atoms with Gasteiger partial charge < -0.3 is 9.64 Å². The van der Waals surface area contributed by atoms with Gasteiger partial charge in [0.25, 0.3) is 6.43 Å². The summed E-state index contributed by atoms with van der Waals surface area (Å²) in [5.41, 5.74) is 0.838. The van der Waals surface area contributed by atoms with Crippen molar-refractivity contribution in [1.82, 2.24) is 9.80 Å². The molecule has 1 aliphatic heterocycles. The van der Waals surface area contributed by atoms with Crippen molar-refractivity contribution in [2.75, 3.05) is 46.5 Å². The summed E-state index contributed by atoms with van der Waals surface area (Å²) in [6.07, 6.45) is 8.92. The Balaban J connectivity index is 0.00000265. The van der Waals surface area contributed by atoms with Crippen molar-refractivity contribution < 1.29 is 17.9 Å². The van der Waals surface area contributed by atoms with Crippen LogP contribution in [0, 0.1) is 17.2 Å². The molecule has 2 rings (SSSR count). The fraction of sp³-hybridized carbons (Fsp3) is 0.808. The van der Waals surface area contributed by atoms with E-state index in [1.165, 1.54) is 19.3 Å². The van der Waals surface area contributed by atoms with Crippen molar-refractivity contribution in [2.24, 2.45) is 5.92 Å². The average molecular weight is 472 g/mol. The molecule has 7 heteroatoms. The standard InChI is InChI=1S/C25H41F2N3O.CH3F/c1-4-20(2)24(25(26)27)19-21(3)30-16-14-29(15-17-30)13-11-22-7-9-23(10-8-22)31-18-6-5-12-28;1-2/h4,19,21-23,25H,5-11,13-18H2,1-3H3;1H3/b20-4-,24-19+;. The normalized spacial score (nSPS) is 24.2. The molecule has 4 nitrogen and oxygen atoms in total. The molecule has 0 aromatic rings. The van der Waals surface area contributed by atoms with E-state index in [2.05, 4.69) is 15.9 Å². The van der Waals surface area contributed by atoms with Gasteiger partial charge in [-0.25, -0.2) is 8.78 Å². The molecular formula is C26H44F3N3O. The van der Waals surface area contributed by atoms with Gasteiger partial charge in [0.05, 0.1) is 19.4 Å². The monoisotopic (exact) mass is 471 g/mol. The first kappa shape index (κ1) is 29.7. The summed E-state index contributed by atoms with van der Waals surface area (Å²) < 4.78 is 42.1. The number of hydrogen-bond donors (Lipinski definition) is 0. The minimum atomic E-state index is -2.42. The van der Waals surface area contributed by atoms with E-state index in [1.54, 1.807) is 19.1 Å². The number of unbranched alkanes of at least 4 members (excludes halogenated alkanes) is 1. The van der Waals surface area contributed by atoms with Crippen LogP contribution in [0.5, 0.6) is 0 Å². The second kappa shape index (κ2) is 17.1. The predicted molar refractivity (Wildman–Crippen MR) is 129 cm³/mol. The largest absolute Gasteiger partial charge is 0.378 e. The van der Waals surface area contributed by atoms with Crippen molar-refractivity contribution >= 4 is 0 Å². The number of piperazine rings is 1. The maximum Gasteiger partial charge on any atom is 0.263 e. The molecule has 2 aliphatic rings. The Kier molecular flexibility index (Phi) is 15.4. The van der Waals surface area contributed by atoms with Crippen LogP contribution in [-0.4, -0.2) is 74.9 Å². The molecule has 0 bridgehead atoms. The van der Waals surface area contributed by atoms with E-state index in [0.717, 1.165) is 57.9 Å².